The summed E-state index contributed by atoms with van der Waals surface area (Å²) in [5.74, 6) is -1.20. The molecule has 0 bridgehead atoms. The van der Waals surface area contributed by atoms with Crippen LogP contribution in [0.2, 0.25) is 0 Å². The minimum absolute atomic E-state index is 0.0215. The maximum Gasteiger partial charge on any atom is 0.360 e. The Morgan fingerprint density at radius 2 is 2.07 bits per heavy atom. The summed E-state index contributed by atoms with van der Waals surface area (Å²) in [7, 11) is 1.30. The van der Waals surface area contributed by atoms with E-state index in [2.05, 4.69) is 10.3 Å². The molecule has 0 atom stereocenters. The van der Waals surface area contributed by atoms with Crippen molar-refractivity contribution in [3.8, 4) is 5.75 Å². The van der Waals surface area contributed by atoms with Gasteiger partial charge in [-0.2, -0.15) is 0 Å². The van der Waals surface area contributed by atoms with Crippen molar-refractivity contribution in [2.75, 3.05) is 19.0 Å². The zero-order valence-electron chi connectivity index (χ0n) is 15.0. The van der Waals surface area contributed by atoms with Crippen molar-refractivity contribution in [1.82, 2.24) is 9.38 Å². The molecule has 10 heteroatoms. The summed E-state index contributed by atoms with van der Waals surface area (Å²) < 4.78 is 11.4. The van der Waals surface area contributed by atoms with Gasteiger partial charge >= 0.3 is 11.7 Å². The van der Waals surface area contributed by atoms with E-state index < -0.39 is 16.8 Å². The number of ether oxygens (including phenoxy) is 2. The van der Waals surface area contributed by atoms with E-state index in [1.54, 1.807) is 31.3 Å². The number of hydrogen-bond acceptors (Lipinski definition) is 7. The predicted molar refractivity (Wildman–Crippen MR) is 98.8 cm³/mol. The van der Waals surface area contributed by atoms with E-state index >= 15 is 0 Å². The number of nitro benzene ring substituents is 1. The van der Waals surface area contributed by atoms with Crippen LogP contribution in [0.5, 0.6) is 5.75 Å². The van der Waals surface area contributed by atoms with E-state index in [4.69, 9.17) is 9.47 Å². The van der Waals surface area contributed by atoms with Crippen LogP contribution in [0.25, 0.3) is 5.65 Å². The van der Waals surface area contributed by atoms with Crippen LogP contribution < -0.4 is 10.1 Å². The summed E-state index contributed by atoms with van der Waals surface area (Å²) in [6.45, 7) is 1.80. The number of amides is 1. The summed E-state index contributed by atoms with van der Waals surface area (Å²) in [5, 5.41) is 13.8. The molecule has 144 valence electrons. The number of nitro groups is 1. The Morgan fingerprint density at radius 3 is 2.75 bits per heavy atom. The standard InChI is InChI=1S/C18H16N4O6/c1-3-28-18(24)15-16(21-9-5-4-6-14(21)19-15)20-17(23)11-7-8-13(27-2)12(10-11)22(25)26/h4-10H,3H2,1-2H3,(H,20,23). The van der Waals surface area contributed by atoms with Gasteiger partial charge < -0.3 is 14.8 Å². The first-order chi connectivity index (χ1) is 13.5. The van der Waals surface area contributed by atoms with Gasteiger partial charge in [0.1, 0.15) is 5.65 Å². The molecule has 3 rings (SSSR count). The molecule has 0 aliphatic rings. The maximum absolute atomic E-state index is 12.7. The van der Waals surface area contributed by atoms with Crippen LogP contribution in [0, 0.1) is 10.1 Å². The molecule has 28 heavy (non-hydrogen) atoms. The minimum atomic E-state index is -0.692. The number of fused-ring (bicyclic) bond motifs is 1. The van der Waals surface area contributed by atoms with Crippen molar-refractivity contribution < 1.29 is 24.0 Å². The number of esters is 1. The van der Waals surface area contributed by atoms with Gasteiger partial charge in [-0.25, -0.2) is 9.78 Å². The Bertz CT molecular complexity index is 1080. The number of aromatic nitrogens is 2. The van der Waals surface area contributed by atoms with Gasteiger partial charge in [0, 0.05) is 17.8 Å². The molecular formula is C18H16N4O6. The summed E-state index contributed by atoms with van der Waals surface area (Å²) in [5.41, 5.74) is 0.0399. The normalized spacial score (nSPS) is 10.5. The number of imidazole rings is 1. The Kier molecular flexibility index (Phi) is 5.21. The highest BCUT2D eigenvalue weighted by atomic mass is 16.6. The maximum atomic E-state index is 12.7. The fourth-order valence-corrected chi connectivity index (χ4v) is 2.61. The highest BCUT2D eigenvalue weighted by Crippen LogP contribution is 2.28. The molecule has 2 aromatic heterocycles. The fourth-order valence-electron chi connectivity index (χ4n) is 2.61. The first-order valence-corrected chi connectivity index (χ1v) is 8.24. The lowest BCUT2D eigenvalue weighted by molar-refractivity contribution is -0.385. The average molecular weight is 384 g/mol. The number of carbonyl (C=O) groups excluding carboxylic acids is 2. The third kappa shape index (κ3) is 3.47. The molecule has 0 aliphatic heterocycles. The summed E-state index contributed by atoms with van der Waals surface area (Å²) in [4.78, 5) is 39.7. The fraction of sp³-hybridized carbons (Fsp3) is 0.167. The lowest BCUT2D eigenvalue weighted by Gasteiger charge is -2.08. The molecule has 10 nitrogen and oxygen atoms in total. The number of hydrogen-bond donors (Lipinski definition) is 1. The smallest absolute Gasteiger partial charge is 0.360 e. The second-order valence-electron chi connectivity index (χ2n) is 5.56. The van der Waals surface area contributed by atoms with Gasteiger partial charge in [0.15, 0.2) is 17.3 Å². The number of pyridine rings is 1. The zero-order chi connectivity index (χ0) is 20.3. The van der Waals surface area contributed by atoms with Crippen molar-refractivity contribution in [2.24, 2.45) is 0 Å². The highest BCUT2D eigenvalue weighted by Gasteiger charge is 2.24. The highest BCUT2D eigenvalue weighted by molar-refractivity contribution is 6.07. The molecule has 1 N–H and O–H groups in total. The first-order valence-electron chi connectivity index (χ1n) is 8.24. The molecular weight excluding hydrogens is 368 g/mol. The van der Waals surface area contributed by atoms with Gasteiger partial charge in [0.2, 0.25) is 0 Å². The van der Waals surface area contributed by atoms with E-state index in [1.165, 1.54) is 23.6 Å². The third-order valence-corrected chi connectivity index (χ3v) is 3.87. The Balaban J connectivity index is 2.01. The number of nitrogens with one attached hydrogen (secondary N) is 1. The second kappa shape index (κ2) is 7.74. The van der Waals surface area contributed by atoms with Crippen molar-refractivity contribution in [3.63, 3.8) is 0 Å². The van der Waals surface area contributed by atoms with E-state index in [-0.39, 0.29) is 35.1 Å². The number of nitrogens with zero attached hydrogens (tertiary/aromatic N) is 3. The zero-order valence-corrected chi connectivity index (χ0v) is 15.0. The number of benzene rings is 1. The molecule has 0 unspecified atom stereocenters. The van der Waals surface area contributed by atoms with Crippen molar-refractivity contribution in [2.45, 2.75) is 6.92 Å². The van der Waals surface area contributed by atoms with Gasteiger partial charge in [-0.3, -0.25) is 19.3 Å². The van der Waals surface area contributed by atoms with E-state index in [0.29, 0.717) is 5.65 Å². The van der Waals surface area contributed by atoms with E-state index in [1.807, 2.05) is 0 Å². The van der Waals surface area contributed by atoms with E-state index in [9.17, 15) is 19.7 Å². The van der Waals surface area contributed by atoms with Crippen LogP contribution in [-0.2, 0) is 4.74 Å². The van der Waals surface area contributed by atoms with Gasteiger partial charge in [-0.05, 0) is 31.2 Å². The molecule has 0 fully saturated rings. The minimum Gasteiger partial charge on any atom is -0.490 e. The second-order valence-corrected chi connectivity index (χ2v) is 5.56. The first kappa shape index (κ1) is 18.8. The molecule has 0 saturated carbocycles. The van der Waals surface area contributed by atoms with Gasteiger partial charge in [0.05, 0.1) is 18.6 Å². The average Bonchev–Trinajstić information content (AvgIpc) is 3.06. The van der Waals surface area contributed by atoms with Crippen LogP contribution >= 0.6 is 0 Å². The van der Waals surface area contributed by atoms with E-state index in [0.717, 1.165) is 6.07 Å². The monoisotopic (exact) mass is 384 g/mol. The summed E-state index contributed by atoms with van der Waals surface area (Å²) in [6, 6.07) is 8.91. The van der Waals surface area contributed by atoms with Crippen molar-refractivity contribution >= 4 is 29.0 Å². The molecule has 1 amide bonds. The molecule has 0 saturated heterocycles. The lowest BCUT2D eigenvalue weighted by Crippen LogP contribution is -2.17. The van der Waals surface area contributed by atoms with Crippen molar-refractivity contribution in [3.05, 3.63) is 64.0 Å². The SMILES string of the molecule is CCOC(=O)c1nc2ccccn2c1NC(=O)c1ccc(OC)c([N+](=O)[O-])c1. The predicted octanol–water partition coefficient (Wildman–Crippen LogP) is 2.68. The van der Waals surface area contributed by atoms with Gasteiger partial charge in [-0.15, -0.1) is 0 Å². The Labute approximate surface area is 158 Å². The molecule has 1 aromatic carbocycles. The largest absolute Gasteiger partial charge is 0.490 e. The Hall–Kier alpha value is -3.95. The quantitative estimate of drug-likeness (QED) is 0.393. The lowest BCUT2D eigenvalue weighted by atomic mass is 10.1. The molecule has 0 aliphatic carbocycles. The van der Waals surface area contributed by atoms with Crippen LogP contribution in [0.4, 0.5) is 11.5 Å². The summed E-state index contributed by atoms with van der Waals surface area (Å²) in [6.07, 6.45) is 1.62. The van der Waals surface area contributed by atoms with Gasteiger partial charge in [0.25, 0.3) is 5.91 Å². The third-order valence-electron chi connectivity index (χ3n) is 3.87. The number of anilines is 1. The van der Waals surface area contributed by atoms with Gasteiger partial charge in [-0.1, -0.05) is 6.07 Å². The molecule has 3 aromatic rings. The number of carbonyl (C=O) groups is 2. The molecule has 0 spiro atoms. The Morgan fingerprint density at radius 1 is 1.29 bits per heavy atom. The van der Waals surface area contributed by atoms with Crippen LogP contribution in [0.1, 0.15) is 27.8 Å². The summed E-state index contributed by atoms with van der Waals surface area (Å²) >= 11 is 0. The topological polar surface area (TPSA) is 125 Å². The van der Waals surface area contributed by atoms with Crippen LogP contribution in [-0.4, -0.2) is 39.9 Å². The molecule has 0 radical (unpaired) electrons. The van der Waals surface area contributed by atoms with Crippen LogP contribution in [0.3, 0.4) is 0 Å². The van der Waals surface area contributed by atoms with Crippen LogP contribution in [0.15, 0.2) is 42.6 Å². The molecule has 2 heterocycles. The van der Waals surface area contributed by atoms with Crippen molar-refractivity contribution in [1.29, 1.82) is 0 Å². The number of rotatable bonds is 6. The number of methoxy groups -OCH3 is 1.